The van der Waals surface area contributed by atoms with Crippen LogP contribution in [-0.2, 0) is 21.7 Å². The van der Waals surface area contributed by atoms with Crippen LogP contribution in [0.3, 0.4) is 0 Å². The van der Waals surface area contributed by atoms with E-state index in [1.54, 1.807) is 49.6 Å². The third-order valence-corrected chi connectivity index (χ3v) is 17.0. The van der Waals surface area contributed by atoms with Gasteiger partial charge in [-0.1, -0.05) is 156 Å². The van der Waals surface area contributed by atoms with E-state index in [-0.39, 0.29) is 21.7 Å². The number of rotatable bonds is 12. The van der Waals surface area contributed by atoms with Crippen molar-refractivity contribution in [3.8, 4) is 0 Å². The van der Waals surface area contributed by atoms with E-state index < -0.39 is 0 Å². The zero-order valence-electron chi connectivity index (χ0n) is 53.7. The summed E-state index contributed by atoms with van der Waals surface area (Å²) in [5.41, 5.74) is 15.0. The lowest BCUT2D eigenvalue weighted by Gasteiger charge is -2.34. The van der Waals surface area contributed by atoms with Gasteiger partial charge in [-0.3, -0.25) is 39.5 Å². The van der Waals surface area contributed by atoms with Crippen molar-refractivity contribution in [2.24, 2.45) is 0 Å². The zero-order chi connectivity index (χ0) is 62.2. The molecule has 0 spiro atoms. The molecule has 0 N–H and O–H groups in total. The molecule has 4 heterocycles. The van der Waals surface area contributed by atoms with Crippen molar-refractivity contribution in [1.29, 1.82) is 0 Å². The number of anilines is 12. The molecule has 0 aliphatic carbocycles. The number of nitrogens with zero attached hydrogens (tertiary/aromatic N) is 12. The summed E-state index contributed by atoms with van der Waals surface area (Å²) in [6.07, 6.45) is 14.2. The molecule has 12 aromatic rings. The van der Waals surface area contributed by atoms with Gasteiger partial charge in [0.25, 0.3) is 0 Å². The number of aryl methyl sites for hydroxylation is 4. The van der Waals surface area contributed by atoms with Gasteiger partial charge in [-0.2, -0.15) is 0 Å². The van der Waals surface area contributed by atoms with Gasteiger partial charge in [-0.05, 0) is 132 Å². The molecule has 8 aromatic carbocycles. The zero-order valence-corrected chi connectivity index (χ0v) is 53.7. The fourth-order valence-electron chi connectivity index (χ4n) is 12.1. The molecular weight excluding hydrogens is 1080 g/mol. The lowest BCUT2D eigenvalue weighted by molar-refractivity contribution is 0.590. The van der Waals surface area contributed by atoms with Crippen LogP contribution in [0.1, 0.15) is 128 Å². The van der Waals surface area contributed by atoms with E-state index in [4.69, 9.17) is 39.9 Å². The second kappa shape index (κ2) is 22.2. The molecule has 12 heteroatoms. The van der Waals surface area contributed by atoms with Crippen LogP contribution in [0.2, 0.25) is 0 Å². The van der Waals surface area contributed by atoms with Crippen molar-refractivity contribution >= 4 is 101 Å². The largest absolute Gasteiger partial charge is 0.293 e. The van der Waals surface area contributed by atoms with E-state index in [1.807, 2.05) is 27.7 Å². The van der Waals surface area contributed by atoms with Crippen molar-refractivity contribution in [3.63, 3.8) is 0 Å². The number of hydrogen-bond acceptors (Lipinski definition) is 12. The first-order valence-electron chi connectivity index (χ1n) is 30.4. The Kier molecular flexibility index (Phi) is 14.8. The molecule has 0 radical (unpaired) electrons. The van der Waals surface area contributed by atoms with E-state index in [0.29, 0.717) is 23.3 Å². The fraction of sp³-hybridized carbons (Fsp3) is 0.263. The third-order valence-electron chi connectivity index (χ3n) is 17.0. The predicted octanol–water partition coefficient (Wildman–Crippen LogP) is 20.0. The Morgan fingerprint density at radius 1 is 0.239 bits per heavy atom. The van der Waals surface area contributed by atoms with Gasteiger partial charge in [0.1, 0.15) is 0 Å². The van der Waals surface area contributed by atoms with Gasteiger partial charge in [0.15, 0.2) is 23.3 Å². The fourth-order valence-corrected chi connectivity index (χ4v) is 12.1. The van der Waals surface area contributed by atoms with Gasteiger partial charge < -0.3 is 0 Å². The van der Waals surface area contributed by atoms with Crippen molar-refractivity contribution in [2.75, 3.05) is 19.6 Å². The molecule has 0 amide bonds. The molecule has 0 aliphatic heterocycles. The molecule has 88 heavy (non-hydrogen) atoms. The van der Waals surface area contributed by atoms with Crippen molar-refractivity contribution in [2.45, 2.75) is 132 Å². The minimum Gasteiger partial charge on any atom is -0.293 e. The lowest BCUT2D eigenvalue weighted by Crippen LogP contribution is -2.19. The Morgan fingerprint density at radius 2 is 0.420 bits per heavy atom. The van der Waals surface area contributed by atoms with E-state index in [9.17, 15) is 0 Å². The van der Waals surface area contributed by atoms with Gasteiger partial charge in [-0.15, -0.1) is 0 Å². The van der Waals surface area contributed by atoms with E-state index in [0.717, 1.165) is 101 Å². The third kappa shape index (κ3) is 10.8. The van der Waals surface area contributed by atoms with Gasteiger partial charge >= 0.3 is 0 Å². The van der Waals surface area contributed by atoms with Crippen LogP contribution in [0.4, 0.5) is 68.8 Å². The summed E-state index contributed by atoms with van der Waals surface area (Å²) in [5, 5.41) is 6.04. The Hall–Kier alpha value is -9.68. The Morgan fingerprint density at radius 3 is 0.591 bits per heavy atom. The smallest absolute Gasteiger partial charge is 0.159 e. The summed E-state index contributed by atoms with van der Waals surface area (Å²) in [6.45, 7) is 35.2. The van der Waals surface area contributed by atoms with Gasteiger partial charge in [0.05, 0.1) is 45.5 Å². The number of aromatic nitrogens is 8. The average molecular weight is 1160 g/mol. The van der Waals surface area contributed by atoms with Gasteiger partial charge in [0, 0.05) is 105 Å². The molecule has 442 valence electrons. The lowest BCUT2D eigenvalue weighted by atomic mass is 9.86. The maximum absolute atomic E-state index is 5.21. The van der Waals surface area contributed by atoms with Crippen LogP contribution < -0.4 is 19.6 Å². The van der Waals surface area contributed by atoms with Crippen LogP contribution in [0.15, 0.2) is 183 Å². The topological polar surface area (TPSA) is 116 Å². The van der Waals surface area contributed by atoms with Crippen molar-refractivity contribution < 1.29 is 0 Å². The normalized spacial score (nSPS) is 12.3. The molecule has 0 fully saturated rings. The molecule has 12 rings (SSSR count). The summed E-state index contributed by atoms with van der Waals surface area (Å²) in [7, 11) is 0. The summed E-state index contributed by atoms with van der Waals surface area (Å²) in [6, 6.07) is 49.5. The van der Waals surface area contributed by atoms with Crippen LogP contribution in [0.25, 0.3) is 32.3 Å². The van der Waals surface area contributed by atoms with Gasteiger partial charge in [-0.25, -0.2) is 19.9 Å². The molecule has 0 unspecified atom stereocenters. The maximum Gasteiger partial charge on any atom is 0.159 e. The van der Waals surface area contributed by atoms with Crippen LogP contribution in [-0.4, -0.2) is 39.9 Å². The maximum atomic E-state index is 5.21. The minimum absolute atomic E-state index is 0.0855. The molecule has 0 atom stereocenters. The molecule has 12 nitrogen and oxygen atoms in total. The van der Waals surface area contributed by atoms with E-state index in [2.05, 4.69) is 236 Å². The predicted molar refractivity (Wildman–Crippen MR) is 365 cm³/mol. The quantitative estimate of drug-likeness (QED) is 0.108. The first kappa shape index (κ1) is 58.7. The summed E-state index contributed by atoms with van der Waals surface area (Å²) >= 11 is 0. The molecule has 0 bridgehead atoms. The average Bonchev–Trinajstić information content (AvgIpc) is 0.705. The van der Waals surface area contributed by atoms with E-state index >= 15 is 0 Å². The first-order valence-corrected chi connectivity index (χ1v) is 30.4. The highest BCUT2D eigenvalue weighted by atomic mass is 15.3. The Labute approximate surface area is 518 Å². The highest BCUT2D eigenvalue weighted by Gasteiger charge is 2.32. The van der Waals surface area contributed by atoms with Crippen molar-refractivity contribution in [1.82, 2.24) is 39.9 Å². The summed E-state index contributed by atoms with van der Waals surface area (Å²) in [5.74, 6) is 2.82. The summed E-state index contributed by atoms with van der Waals surface area (Å²) < 4.78 is 0. The van der Waals surface area contributed by atoms with Crippen molar-refractivity contribution in [3.05, 3.63) is 228 Å². The molecule has 0 saturated heterocycles. The second-order valence-electron chi connectivity index (χ2n) is 27.3. The first-order chi connectivity index (χ1) is 41.9. The van der Waals surface area contributed by atoms with Gasteiger partial charge in [0.2, 0.25) is 0 Å². The minimum atomic E-state index is -0.0855. The SMILES string of the molecule is Cc1nccnc1N(c1ccc(C(C)(C)C)cc1)c1cc(N(c2ccc(C(C)(C)C)cc2)c2nccnc2C)c2ccc3c(N(c4ccc(C(C)(C)C)cc4)c4nccnc4C)cc(N(c4ccc(C(C)(C)C)cc4)c4nccnc4C)c4ccc1c2c43. The molecule has 0 saturated carbocycles. The van der Waals surface area contributed by atoms with Crippen LogP contribution in [0.5, 0.6) is 0 Å². The Bertz CT molecular complexity index is 3960. The molecule has 0 aliphatic rings. The van der Waals surface area contributed by atoms with Crippen LogP contribution >= 0.6 is 0 Å². The highest BCUT2D eigenvalue weighted by molar-refractivity contribution is 6.33. The molecule has 4 aromatic heterocycles. The Balaban J connectivity index is 1.30. The standard InChI is InChI=1S/C76H78N12/c1-47-69(81-41-37-77-47)85(55-25-17-51(18-26-55)73(5,6)7)63-45-64(86(70-48(2)78-38-42-82-70)56-27-19-52(20-28-56)74(8,9)10)60-35-36-62-66(88(72-50(4)80-40-44-84-72)58-31-23-54(24-32-58)76(14,15)16)46-65(61-34-33-59(63)67(60)68(61)62)87(71-49(3)79-39-43-83-71)57-29-21-53(22-30-57)75(11,12)13/h17-46H,1-16H3. The van der Waals surface area contributed by atoms with E-state index in [1.165, 1.54) is 22.3 Å². The highest BCUT2D eigenvalue weighted by Crippen LogP contribution is 2.55. The number of benzene rings is 8. The van der Waals surface area contributed by atoms with Crippen LogP contribution in [0, 0.1) is 27.7 Å². The molecular formula is C76H78N12. The second-order valence-corrected chi connectivity index (χ2v) is 27.3. The monoisotopic (exact) mass is 1160 g/mol. The number of hydrogen-bond donors (Lipinski definition) is 0. The summed E-state index contributed by atoms with van der Waals surface area (Å²) in [4.78, 5) is 49.7.